The van der Waals surface area contributed by atoms with Gasteiger partial charge in [0.15, 0.2) is 5.78 Å². The van der Waals surface area contributed by atoms with E-state index in [4.69, 9.17) is 0 Å². The Hall–Kier alpha value is -2.78. The van der Waals surface area contributed by atoms with Crippen LogP contribution in [0.25, 0.3) is 0 Å². The Balaban J connectivity index is 2.27. The van der Waals surface area contributed by atoms with Crippen LogP contribution in [0.5, 0.6) is 0 Å². The highest BCUT2D eigenvalue weighted by Gasteiger charge is 2.22. The summed E-state index contributed by atoms with van der Waals surface area (Å²) in [5.41, 5.74) is 1.13. The fourth-order valence-corrected chi connectivity index (χ4v) is 4.44. The number of Topliss-reactive ketones (excluding diaryl/α,β-unsaturated/α-hetero) is 1. The summed E-state index contributed by atoms with van der Waals surface area (Å²) >= 11 is 0. The van der Waals surface area contributed by atoms with Crippen molar-refractivity contribution in [3.63, 3.8) is 0 Å². The Morgan fingerprint density at radius 1 is 1.14 bits per heavy atom. The summed E-state index contributed by atoms with van der Waals surface area (Å²) in [7, 11) is -3.54. The number of nitrogens with zero attached hydrogens (tertiary/aromatic N) is 2. The molecule has 29 heavy (non-hydrogen) atoms. The Labute approximate surface area is 170 Å². The molecule has 0 unspecified atom stereocenters. The highest BCUT2D eigenvalue weighted by Crippen LogP contribution is 2.30. The number of hydrogen-bond donors (Lipinski definition) is 1. The normalized spacial score (nSPS) is 12.6. The molecule has 0 aliphatic carbocycles. The van der Waals surface area contributed by atoms with E-state index in [2.05, 4.69) is 5.32 Å². The summed E-state index contributed by atoms with van der Waals surface area (Å²) < 4.78 is 26.5. The molecule has 9 heteroatoms. The quantitative estimate of drug-likeness (QED) is 0.374. The highest BCUT2D eigenvalue weighted by atomic mass is 32.2. The Bertz CT molecular complexity index is 999. The molecule has 0 aromatic heterocycles. The van der Waals surface area contributed by atoms with Crippen molar-refractivity contribution in [1.82, 2.24) is 4.31 Å². The van der Waals surface area contributed by atoms with Crippen molar-refractivity contribution in [2.24, 2.45) is 0 Å². The number of nitro groups is 1. The molecule has 0 aliphatic heterocycles. The molecule has 0 heterocycles. The van der Waals surface area contributed by atoms with E-state index in [0.717, 1.165) is 5.56 Å². The van der Waals surface area contributed by atoms with Crippen LogP contribution in [0.3, 0.4) is 0 Å². The van der Waals surface area contributed by atoms with E-state index in [1.165, 1.54) is 41.6 Å². The summed E-state index contributed by atoms with van der Waals surface area (Å²) in [6, 6.07) is 10.4. The number of carbonyl (C=O) groups excluding carboxylic acids is 1. The number of rotatable bonds is 9. The molecule has 1 N–H and O–H groups in total. The third kappa shape index (κ3) is 4.99. The first kappa shape index (κ1) is 22.5. The van der Waals surface area contributed by atoms with Gasteiger partial charge in [0.05, 0.1) is 9.82 Å². The van der Waals surface area contributed by atoms with Crippen LogP contribution in [0, 0.1) is 10.1 Å². The highest BCUT2D eigenvalue weighted by molar-refractivity contribution is 7.89. The molecule has 1 atom stereocenters. The molecule has 0 spiro atoms. The molecule has 0 aliphatic rings. The molecule has 0 amide bonds. The van der Waals surface area contributed by atoms with Crippen LogP contribution in [0.15, 0.2) is 47.4 Å². The van der Waals surface area contributed by atoms with Gasteiger partial charge in [-0.1, -0.05) is 26.0 Å². The largest absolute Gasteiger partial charge is 0.373 e. The average Bonchev–Trinajstić information content (AvgIpc) is 2.68. The molecule has 2 rings (SSSR count). The zero-order valence-corrected chi connectivity index (χ0v) is 17.7. The lowest BCUT2D eigenvalue weighted by atomic mass is 10.1. The molecule has 0 fully saturated rings. The summed E-state index contributed by atoms with van der Waals surface area (Å²) in [5.74, 6) is -0.252. The van der Waals surface area contributed by atoms with Crippen molar-refractivity contribution in [3.8, 4) is 0 Å². The standard InChI is InChI=1S/C20H25N3O5S/c1-5-22(6-2)29(27,28)18-10-7-16(8-11-18)14(3)21-19-12-9-17(15(4)24)13-20(19)23(25)26/h7-14,21H,5-6H2,1-4H3/t14-/m1/s1. The van der Waals surface area contributed by atoms with E-state index in [-0.39, 0.29) is 33.7 Å². The van der Waals surface area contributed by atoms with Crippen molar-refractivity contribution < 1.29 is 18.1 Å². The predicted molar refractivity (Wildman–Crippen MR) is 112 cm³/mol. The molecule has 0 saturated heterocycles. The van der Waals surface area contributed by atoms with Crippen LogP contribution < -0.4 is 5.32 Å². The van der Waals surface area contributed by atoms with Gasteiger partial charge < -0.3 is 5.32 Å². The first-order valence-corrected chi connectivity index (χ1v) is 10.7. The topological polar surface area (TPSA) is 110 Å². The van der Waals surface area contributed by atoms with Crippen LogP contribution in [0.1, 0.15) is 49.7 Å². The number of carbonyl (C=O) groups is 1. The minimum Gasteiger partial charge on any atom is -0.373 e. The van der Waals surface area contributed by atoms with Crippen LogP contribution >= 0.6 is 0 Å². The lowest BCUT2D eigenvalue weighted by Gasteiger charge is -2.20. The van der Waals surface area contributed by atoms with Crippen molar-refractivity contribution in [2.75, 3.05) is 18.4 Å². The van der Waals surface area contributed by atoms with E-state index in [9.17, 15) is 23.3 Å². The smallest absolute Gasteiger partial charge is 0.293 e. The first-order chi connectivity index (χ1) is 13.6. The van der Waals surface area contributed by atoms with E-state index in [0.29, 0.717) is 13.1 Å². The molecule has 0 saturated carbocycles. The Kier molecular flexibility index (Phi) is 7.10. The molecule has 2 aromatic carbocycles. The zero-order valence-electron chi connectivity index (χ0n) is 16.9. The Morgan fingerprint density at radius 3 is 2.21 bits per heavy atom. The van der Waals surface area contributed by atoms with Gasteiger partial charge in [0.1, 0.15) is 5.69 Å². The van der Waals surface area contributed by atoms with Gasteiger partial charge in [-0.15, -0.1) is 0 Å². The fourth-order valence-electron chi connectivity index (χ4n) is 2.98. The summed E-state index contributed by atoms with van der Waals surface area (Å²) in [4.78, 5) is 22.5. The number of sulfonamides is 1. The summed E-state index contributed by atoms with van der Waals surface area (Å²) in [6.45, 7) is 7.51. The third-order valence-corrected chi connectivity index (χ3v) is 6.76. The SMILES string of the molecule is CCN(CC)S(=O)(=O)c1ccc([C@@H](C)Nc2ccc(C(C)=O)cc2[N+](=O)[O-])cc1. The van der Waals surface area contributed by atoms with Crippen LogP contribution in [0.2, 0.25) is 0 Å². The molecule has 0 bridgehead atoms. The van der Waals surface area contributed by atoms with Crippen LogP contribution in [0.4, 0.5) is 11.4 Å². The van der Waals surface area contributed by atoms with E-state index in [1.807, 2.05) is 6.92 Å². The number of anilines is 1. The number of benzene rings is 2. The second-order valence-electron chi connectivity index (χ2n) is 6.57. The maximum absolute atomic E-state index is 12.6. The van der Waals surface area contributed by atoms with Gasteiger partial charge in [-0.2, -0.15) is 4.31 Å². The lowest BCUT2D eigenvalue weighted by molar-refractivity contribution is -0.384. The number of nitrogens with one attached hydrogen (secondary N) is 1. The van der Waals surface area contributed by atoms with E-state index < -0.39 is 14.9 Å². The fraction of sp³-hybridized carbons (Fsp3) is 0.350. The van der Waals surface area contributed by atoms with Crippen LogP contribution in [-0.4, -0.2) is 36.5 Å². The minimum atomic E-state index is -3.54. The van der Waals surface area contributed by atoms with Gasteiger partial charge in [0, 0.05) is 30.8 Å². The number of hydrogen-bond acceptors (Lipinski definition) is 6. The van der Waals surface area contributed by atoms with Crippen molar-refractivity contribution in [2.45, 2.75) is 38.6 Å². The van der Waals surface area contributed by atoms with Gasteiger partial charge in [0.25, 0.3) is 5.69 Å². The van der Waals surface area contributed by atoms with Crippen molar-refractivity contribution >= 4 is 27.2 Å². The van der Waals surface area contributed by atoms with Gasteiger partial charge in [-0.25, -0.2) is 8.42 Å². The lowest BCUT2D eigenvalue weighted by Crippen LogP contribution is -2.30. The van der Waals surface area contributed by atoms with E-state index >= 15 is 0 Å². The molecule has 0 radical (unpaired) electrons. The molecular formula is C20H25N3O5S. The maximum Gasteiger partial charge on any atom is 0.293 e. The first-order valence-electron chi connectivity index (χ1n) is 9.27. The second-order valence-corrected chi connectivity index (χ2v) is 8.51. The second kappa shape index (κ2) is 9.15. The maximum atomic E-state index is 12.6. The van der Waals surface area contributed by atoms with Gasteiger partial charge >= 0.3 is 0 Å². The van der Waals surface area contributed by atoms with Gasteiger partial charge in [-0.3, -0.25) is 14.9 Å². The third-order valence-electron chi connectivity index (χ3n) is 4.70. The summed E-state index contributed by atoms with van der Waals surface area (Å²) in [6.07, 6.45) is 0. The number of ketones is 1. The van der Waals surface area contributed by atoms with Crippen molar-refractivity contribution in [3.05, 3.63) is 63.7 Å². The Morgan fingerprint density at radius 2 is 1.72 bits per heavy atom. The van der Waals surface area contributed by atoms with Gasteiger partial charge in [0.2, 0.25) is 10.0 Å². The molecule has 156 valence electrons. The molecular weight excluding hydrogens is 394 g/mol. The number of nitro benzene ring substituents is 1. The minimum absolute atomic E-state index is 0.190. The summed E-state index contributed by atoms with van der Waals surface area (Å²) in [5, 5.41) is 14.4. The van der Waals surface area contributed by atoms with E-state index in [1.54, 1.807) is 26.0 Å². The zero-order chi connectivity index (χ0) is 21.8. The molecule has 8 nitrogen and oxygen atoms in total. The monoisotopic (exact) mass is 419 g/mol. The van der Waals surface area contributed by atoms with Crippen molar-refractivity contribution in [1.29, 1.82) is 0 Å². The molecule has 2 aromatic rings. The van der Waals surface area contributed by atoms with Gasteiger partial charge in [-0.05, 0) is 43.7 Å². The van der Waals surface area contributed by atoms with Crippen LogP contribution in [-0.2, 0) is 10.0 Å². The predicted octanol–water partition coefficient (Wildman–Crippen LogP) is 4.00. The average molecular weight is 420 g/mol.